The Morgan fingerprint density at radius 3 is 2.83 bits per heavy atom. The number of carbonyl (C=O) groups is 1. The summed E-state index contributed by atoms with van der Waals surface area (Å²) in [6.07, 6.45) is 4.39. The lowest BCUT2D eigenvalue weighted by atomic mass is 10.0. The molecule has 1 rings (SSSR count). The number of amides is 1. The minimum absolute atomic E-state index is 0.0485. The van der Waals surface area contributed by atoms with Crippen LogP contribution in [0.15, 0.2) is 6.20 Å². The zero-order chi connectivity index (χ0) is 13.5. The smallest absolute Gasteiger partial charge is 0.236 e. The highest BCUT2D eigenvalue weighted by atomic mass is 16.2. The average molecular weight is 252 g/mol. The molecule has 0 aliphatic heterocycles. The Labute approximate surface area is 109 Å². The highest BCUT2D eigenvalue weighted by molar-refractivity contribution is 5.81. The summed E-state index contributed by atoms with van der Waals surface area (Å²) in [5, 5.41) is 9.74. The molecule has 5 nitrogen and oxygen atoms in total. The van der Waals surface area contributed by atoms with E-state index in [9.17, 15) is 4.79 Å². The lowest BCUT2D eigenvalue weighted by molar-refractivity contribution is -0.122. The second-order valence-electron chi connectivity index (χ2n) is 5.15. The minimum atomic E-state index is -0.388. The van der Waals surface area contributed by atoms with Crippen molar-refractivity contribution in [2.45, 2.75) is 46.1 Å². The molecule has 1 amide bonds. The fraction of sp³-hybridized carbons (Fsp3) is 0.692. The van der Waals surface area contributed by atoms with Gasteiger partial charge in [-0.1, -0.05) is 13.8 Å². The number of rotatable bonds is 7. The van der Waals surface area contributed by atoms with Gasteiger partial charge < -0.3 is 11.1 Å². The molecule has 5 heteroatoms. The average Bonchev–Trinajstić information content (AvgIpc) is 2.69. The normalized spacial score (nSPS) is 12.7. The Morgan fingerprint density at radius 2 is 2.28 bits per heavy atom. The topological polar surface area (TPSA) is 83.8 Å². The number of aryl methyl sites for hydroxylation is 2. The van der Waals surface area contributed by atoms with Crippen LogP contribution < -0.4 is 11.1 Å². The number of nitrogens with two attached hydrogens (primary N) is 1. The molecular weight excluding hydrogens is 228 g/mol. The van der Waals surface area contributed by atoms with Crippen LogP contribution in [0.5, 0.6) is 0 Å². The summed E-state index contributed by atoms with van der Waals surface area (Å²) in [5.74, 6) is 0.395. The molecule has 0 radical (unpaired) electrons. The number of aromatic nitrogens is 2. The Hall–Kier alpha value is -1.36. The number of carbonyl (C=O) groups excluding carboxylic acids is 1. The monoisotopic (exact) mass is 252 g/mol. The maximum Gasteiger partial charge on any atom is 0.236 e. The second-order valence-corrected chi connectivity index (χ2v) is 5.15. The van der Waals surface area contributed by atoms with Gasteiger partial charge in [0.1, 0.15) is 0 Å². The summed E-state index contributed by atoms with van der Waals surface area (Å²) in [4.78, 5) is 11.7. The van der Waals surface area contributed by atoms with Crippen molar-refractivity contribution in [3.05, 3.63) is 17.5 Å². The molecule has 102 valence electrons. The molecule has 1 atom stereocenters. The number of H-pyrrole nitrogens is 1. The molecule has 0 fully saturated rings. The summed E-state index contributed by atoms with van der Waals surface area (Å²) >= 11 is 0. The summed E-state index contributed by atoms with van der Waals surface area (Å²) in [7, 11) is 0. The van der Waals surface area contributed by atoms with Crippen LogP contribution in [-0.2, 0) is 11.2 Å². The molecule has 0 aromatic carbocycles. The minimum Gasteiger partial charge on any atom is -0.355 e. The molecule has 1 heterocycles. The van der Waals surface area contributed by atoms with Crippen molar-refractivity contribution in [3.8, 4) is 0 Å². The Morgan fingerprint density at radius 1 is 1.56 bits per heavy atom. The highest BCUT2D eigenvalue weighted by Gasteiger charge is 2.13. The molecule has 0 aliphatic rings. The van der Waals surface area contributed by atoms with Crippen LogP contribution in [0.3, 0.4) is 0 Å². The number of nitrogens with zero attached hydrogens (tertiary/aromatic N) is 1. The summed E-state index contributed by atoms with van der Waals surface area (Å²) in [6.45, 7) is 6.79. The first-order chi connectivity index (χ1) is 8.50. The van der Waals surface area contributed by atoms with Crippen molar-refractivity contribution in [1.82, 2.24) is 15.5 Å². The maximum atomic E-state index is 11.7. The van der Waals surface area contributed by atoms with E-state index >= 15 is 0 Å². The van der Waals surface area contributed by atoms with Crippen LogP contribution >= 0.6 is 0 Å². The van der Waals surface area contributed by atoms with Gasteiger partial charge in [-0.3, -0.25) is 9.89 Å². The van der Waals surface area contributed by atoms with Crippen LogP contribution in [0.25, 0.3) is 0 Å². The van der Waals surface area contributed by atoms with Gasteiger partial charge in [0.05, 0.1) is 12.2 Å². The van der Waals surface area contributed by atoms with Crippen LogP contribution in [0, 0.1) is 12.8 Å². The van der Waals surface area contributed by atoms with E-state index < -0.39 is 0 Å². The molecule has 0 unspecified atom stereocenters. The Balaban J connectivity index is 2.18. The SMILES string of the molecule is Cc1[nH]ncc1CCCNC(=O)[C@@H](N)CC(C)C. The molecule has 0 bridgehead atoms. The number of nitrogens with one attached hydrogen (secondary N) is 2. The molecule has 1 aromatic rings. The zero-order valence-corrected chi connectivity index (χ0v) is 11.5. The third-order valence-electron chi connectivity index (χ3n) is 2.92. The predicted octanol–water partition coefficient (Wildman–Crippen LogP) is 1.14. The fourth-order valence-electron chi connectivity index (χ4n) is 1.86. The van der Waals surface area contributed by atoms with E-state index in [0.29, 0.717) is 12.5 Å². The first kappa shape index (κ1) is 14.7. The Kier molecular flexibility index (Phi) is 5.85. The van der Waals surface area contributed by atoms with E-state index in [1.165, 1.54) is 5.56 Å². The Bertz CT molecular complexity index is 373. The van der Waals surface area contributed by atoms with Crippen molar-refractivity contribution in [2.75, 3.05) is 6.54 Å². The molecule has 18 heavy (non-hydrogen) atoms. The van der Waals surface area contributed by atoms with Gasteiger partial charge in [-0.15, -0.1) is 0 Å². The van der Waals surface area contributed by atoms with Crippen LogP contribution in [0.1, 0.15) is 37.9 Å². The van der Waals surface area contributed by atoms with Gasteiger partial charge in [0.25, 0.3) is 0 Å². The maximum absolute atomic E-state index is 11.7. The van der Waals surface area contributed by atoms with E-state index in [-0.39, 0.29) is 11.9 Å². The zero-order valence-electron chi connectivity index (χ0n) is 11.5. The number of hydrogen-bond acceptors (Lipinski definition) is 3. The van der Waals surface area contributed by atoms with E-state index in [0.717, 1.165) is 25.0 Å². The standard InChI is InChI=1S/C13H24N4O/c1-9(2)7-12(14)13(18)15-6-4-5-11-8-16-17-10(11)3/h8-9,12H,4-7,14H2,1-3H3,(H,15,18)(H,16,17)/t12-/m0/s1. The van der Waals surface area contributed by atoms with Crippen molar-refractivity contribution in [3.63, 3.8) is 0 Å². The fourth-order valence-corrected chi connectivity index (χ4v) is 1.86. The van der Waals surface area contributed by atoms with Gasteiger partial charge in [0.15, 0.2) is 0 Å². The van der Waals surface area contributed by atoms with E-state index in [1.807, 2.05) is 13.1 Å². The molecule has 0 aliphatic carbocycles. The molecule has 0 saturated heterocycles. The van der Waals surface area contributed by atoms with Crippen molar-refractivity contribution in [2.24, 2.45) is 11.7 Å². The van der Waals surface area contributed by atoms with Crippen molar-refractivity contribution in [1.29, 1.82) is 0 Å². The van der Waals surface area contributed by atoms with E-state index in [2.05, 4.69) is 29.4 Å². The second kappa shape index (κ2) is 7.16. The first-order valence-electron chi connectivity index (χ1n) is 6.52. The number of aromatic amines is 1. The molecule has 0 spiro atoms. The van der Waals surface area contributed by atoms with Crippen LogP contribution in [0.2, 0.25) is 0 Å². The quantitative estimate of drug-likeness (QED) is 0.636. The largest absolute Gasteiger partial charge is 0.355 e. The van der Waals surface area contributed by atoms with Gasteiger partial charge >= 0.3 is 0 Å². The molecular formula is C13H24N4O. The highest BCUT2D eigenvalue weighted by Crippen LogP contribution is 2.05. The lowest BCUT2D eigenvalue weighted by Gasteiger charge is -2.13. The van der Waals surface area contributed by atoms with Gasteiger partial charge in [-0.25, -0.2) is 0 Å². The van der Waals surface area contributed by atoms with Crippen molar-refractivity contribution < 1.29 is 4.79 Å². The summed E-state index contributed by atoms with van der Waals surface area (Å²) in [6, 6.07) is -0.388. The van der Waals surface area contributed by atoms with Crippen LogP contribution in [-0.4, -0.2) is 28.7 Å². The van der Waals surface area contributed by atoms with Gasteiger partial charge in [0.2, 0.25) is 5.91 Å². The predicted molar refractivity (Wildman–Crippen MR) is 72.1 cm³/mol. The third kappa shape index (κ3) is 4.87. The van der Waals surface area contributed by atoms with Gasteiger partial charge in [0, 0.05) is 12.2 Å². The first-order valence-corrected chi connectivity index (χ1v) is 6.52. The number of hydrogen-bond donors (Lipinski definition) is 3. The van der Waals surface area contributed by atoms with Crippen molar-refractivity contribution >= 4 is 5.91 Å². The van der Waals surface area contributed by atoms with E-state index in [4.69, 9.17) is 5.73 Å². The molecule has 1 aromatic heterocycles. The lowest BCUT2D eigenvalue weighted by Crippen LogP contribution is -2.41. The third-order valence-corrected chi connectivity index (χ3v) is 2.92. The summed E-state index contributed by atoms with van der Waals surface area (Å²) in [5.41, 5.74) is 8.09. The van der Waals surface area contributed by atoms with Crippen LogP contribution in [0.4, 0.5) is 0 Å². The molecule has 4 N–H and O–H groups in total. The van der Waals surface area contributed by atoms with E-state index in [1.54, 1.807) is 0 Å². The molecule has 0 saturated carbocycles. The summed E-state index contributed by atoms with van der Waals surface area (Å²) < 4.78 is 0. The van der Waals surface area contributed by atoms with Gasteiger partial charge in [-0.2, -0.15) is 5.10 Å². The van der Waals surface area contributed by atoms with Gasteiger partial charge in [-0.05, 0) is 37.7 Å².